The summed E-state index contributed by atoms with van der Waals surface area (Å²) in [5.74, 6) is 0.325. The molecule has 0 aliphatic rings. The average Bonchev–Trinajstić information content (AvgIpc) is 3.20. The number of para-hydroxylation sites is 1. The number of hydrogen-bond acceptors (Lipinski definition) is 4. The number of benzene rings is 1. The summed E-state index contributed by atoms with van der Waals surface area (Å²) < 4.78 is 0. The fraction of sp³-hybridized carbons (Fsp3) is 0.167. The third-order valence-corrected chi connectivity index (χ3v) is 3.52. The molecular weight excluding hydrogens is 318 g/mol. The van der Waals surface area contributed by atoms with E-state index in [0.29, 0.717) is 11.5 Å². The van der Waals surface area contributed by atoms with Gasteiger partial charge in [0.25, 0.3) is 0 Å². The Kier molecular flexibility index (Phi) is 4.76. The zero-order valence-electron chi connectivity index (χ0n) is 14.0. The standard InChI is InChI=1S/C16H13N5O.C2H6O/c1-9(22)19-14-7-11(15-16(21-14)18-8-17-15)13-6-10-4-2-3-5-12(10)20-13;1-2-3/h2-8,20H,1H3,(H2,17,18,19,21,22);3H,2H2,1H3. The van der Waals surface area contributed by atoms with Gasteiger partial charge in [-0.15, -0.1) is 0 Å². The number of nitrogens with one attached hydrogen (secondary N) is 3. The number of aliphatic hydroxyl groups excluding tert-OH is 1. The lowest BCUT2D eigenvalue weighted by atomic mass is 10.1. The van der Waals surface area contributed by atoms with E-state index in [1.807, 2.05) is 24.3 Å². The zero-order chi connectivity index (χ0) is 17.8. The third-order valence-electron chi connectivity index (χ3n) is 3.52. The molecule has 0 bridgehead atoms. The van der Waals surface area contributed by atoms with Crippen molar-refractivity contribution in [1.29, 1.82) is 0 Å². The zero-order valence-corrected chi connectivity index (χ0v) is 14.0. The number of nitrogens with zero attached hydrogens (tertiary/aromatic N) is 2. The molecule has 4 aromatic rings. The molecule has 0 atom stereocenters. The van der Waals surface area contributed by atoms with Crippen LogP contribution in [0.25, 0.3) is 33.3 Å². The van der Waals surface area contributed by atoms with E-state index in [4.69, 9.17) is 5.11 Å². The van der Waals surface area contributed by atoms with Gasteiger partial charge < -0.3 is 20.4 Å². The van der Waals surface area contributed by atoms with Gasteiger partial charge in [-0.25, -0.2) is 9.97 Å². The number of pyridine rings is 1. The van der Waals surface area contributed by atoms with Gasteiger partial charge in [0, 0.05) is 35.7 Å². The van der Waals surface area contributed by atoms with Crippen molar-refractivity contribution in [3.63, 3.8) is 0 Å². The van der Waals surface area contributed by atoms with Crippen LogP contribution < -0.4 is 5.32 Å². The molecule has 7 nitrogen and oxygen atoms in total. The van der Waals surface area contributed by atoms with Gasteiger partial charge in [-0.05, 0) is 25.1 Å². The van der Waals surface area contributed by atoms with Crippen molar-refractivity contribution in [3.8, 4) is 11.3 Å². The number of imidazole rings is 1. The normalized spacial score (nSPS) is 10.5. The van der Waals surface area contributed by atoms with Crippen LogP contribution in [0.5, 0.6) is 0 Å². The minimum Gasteiger partial charge on any atom is -0.397 e. The number of aliphatic hydroxyl groups is 1. The van der Waals surface area contributed by atoms with Gasteiger partial charge in [-0.1, -0.05) is 18.2 Å². The Bertz CT molecular complexity index is 986. The highest BCUT2D eigenvalue weighted by Crippen LogP contribution is 2.30. The van der Waals surface area contributed by atoms with Crippen LogP contribution >= 0.6 is 0 Å². The minimum atomic E-state index is -0.162. The molecule has 0 spiro atoms. The summed E-state index contributed by atoms with van der Waals surface area (Å²) in [4.78, 5) is 26.3. The molecule has 3 aromatic heterocycles. The van der Waals surface area contributed by atoms with Crippen LogP contribution in [0.4, 0.5) is 5.82 Å². The minimum absolute atomic E-state index is 0.162. The molecular formula is C18H19N5O2. The Balaban J connectivity index is 0.000000569. The molecule has 1 aromatic carbocycles. The number of fused-ring (bicyclic) bond motifs is 2. The second-order valence-electron chi connectivity index (χ2n) is 5.42. The molecule has 0 aliphatic heterocycles. The summed E-state index contributed by atoms with van der Waals surface area (Å²) in [6.07, 6.45) is 1.60. The van der Waals surface area contributed by atoms with Crippen LogP contribution in [0.1, 0.15) is 13.8 Å². The van der Waals surface area contributed by atoms with E-state index in [1.165, 1.54) is 6.92 Å². The smallest absolute Gasteiger partial charge is 0.222 e. The first-order valence-corrected chi connectivity index (χ1v) is 7.93. The molecule has 4 N–H and O–H groups in total. The lowest BCUT2D eigenvalue weighted by Gasteiger charge is -2.05. The van der Waals surface area contributed by atoms with Crippen LogP contribution in [-0.4, -0.2) is 37.6 Å². The second-order valence-corrected chi connectivity index (χ2v) is 5.42. The molecule has 128 valence electrons. The first-order chi connectivity index (χ1) is 12.1. The summed E-state index contributed by atoms with van der Waals surface area (Å²) in [7, 11) is 0. The number of hydrogen-bond donors (Lipinski definition) is 4. The predicted molar refractivity (Wildman–Crippen MR) is 98.2 cm³/mol. The number of anilines is 1. The predicted octanol–water partition coefficient (Wildman–Crippen LogP) is 3.06. The molecule has 0 radical (unpaired) electrons. The maximum Gasteiger partial charge on any atom is 0.222 e. The van der Waals surface area contributed by atoms with Crippen molar-refractivity contribution in [3.05, 3.63) is 42.7 Å². The number of carbonyl (C=O) groups is 1. The topological polar surface area (TPSA) is 107 Å². The quantitative estimate of drug-likeness (QED) is 0.451. The molecule has 25 heavy (non-hydrogen) atoms. The van der Waals surface area contributed by atoms with E-state index in [1.54, 1.807) is 13.3 Å². The molecule has 0 saturated heterocycles. The average molecular weight is 337 g/mol. The third kappa shape index (κ3) is 3.51. The maximum absolute atomic E-state index is 11.3. The highest BCUT2D eigenvalue weighted by atomic mass is 16.2. The maximum atomic E-state index is 11.3. The first kappa shape index (κ1) is 16.7. The van der Waals surface area contributed by atoms with E-state index < -0.39 is 0 Å². The Morgan fingerprint density at radius 1 is 1.28 bits per heavy atom. The van der Waals surface area contributed by atoms with Crippen LogP contribution in [0, 0.1) is 0 Å². The van der Waals surface area contributed by atoms with Gasteiger partial charge in [0.15, 0.2) is 5.65 Å². The number of aromatic amines is 2. The van der Waals surface area contributed by atoms with Gasteiger partial charge in [-0.2, -0.15) is 0 Å². The van der Waals surface area contributed by atoms with Crippen LogP contribution in [-0.2, 0) is 4.79 Å². The fourth-order valence-electron chi connectivity index (χ4n) is 2.60. The molecule has 0 saturated carbocycles. The highest BCUT2D eigenvalue weighted by molar-refractivity contribution is 5.97. The Hall–Kier alpha value is -3.19. The Morgan fingerprint density at radius 3 is 2.76 bits per heavy atom. The Labute approximate surface area is 144 Å². The van der Waals surface area contributed by atoms with Crippen LogP contribution in [0.3, 0.4) is 0 Å². The summed E-state index contributed by atoms with van der Waals surface area (Å²) in [6.45, 7) is 3.39. The molecule has 7 heteroatoms. The van der Waals surface area contributed by atoms with Crippen LogP contribution in [0.15, 0.2) is 42.7 Å². The van der Waals surface area contributed by atoms with Crippen molar-refractivity contribution < 1.29 is 9.90 Å². The molecule has 0 aliphatic carbocycles. The van der Waals surface area contributed by atoms with E-state index in [0.717, 1.165) is 27.7 Å². The van der Waals surface area contributed by atoms with Crippen molar-refractivity contribution >= 4 is 33.8 Å². The van der Waals surface area contributed by atoms with E-state index in [9.17, 15) is 4.79 Å². The van der Waals surface area contributed by atoms with E-state index in [2.05, 4.69) is 37.4 Å². The largest absolute Gasteiger partial charge is 0.397 e. The second kappa shape index (κ2) is 7.14. The van der Waals surface area contributed by atoms with Crippen molar-refractivity contribution in [2.45, 2.75) is 13.8 Å². The Morgan fingerprint density at radius 2 is 2.04 bits per heavy atom. The first-order valence-electron chi connectivity index (χ1n) is 7.93. The molecule has 0 unspecified atom stereocenters. The number of carbonyl (C=O) groups excluding carboxylic acids is 1. The van der Waals surface area contributed by atoms with Gasteiger partial charge >= 0.3 is 0 Å². The molecule has 3 heterocycles. The lowest BCUT2D eigenvalue weighted by molar-refractivity contribution is -0.114. The van der Waals surface area contributed by atoms with Gasteiger partial charge in [-0.3, -0.25) is 4.79 Å². The number of rotatable bonds is 2. The summed E-state index contributed by atoms with van der Waals surface area (Å²) in [5, 5.41) is 11.4. The number of amides is 1. The lowest BCUT2D eigenvalue weighted by Crippen LogP contribution is -2.07. The molecule has 0 fully saturated rings. The molecule has 1 amide bonds. The van der Waals surface area contributed by atoms with Gasteiger partial charge in [0.05, 0.1) is 11.8 Å². The van der Waals surface area contributed by atoms with Crippen LogP contribution in [0.2, 0.25) is 0 Å². The van der Waals surface area contributed by atoms with E-state index in [-0.39, 0.29) is 12.5 Å². The number of H-pyrrole nitrogens is 2. The fourth-order valence-corrected chi connectivity index (χ4v) is 2.60. The summed E-state index contributed by atoms with van der Waals surface area (Å²) in [5.41, 5.74) is 4.33. The van der Waals surface area contributed by atoms with Crippen molar-refractivity contribution in [2.75, 3.05) is 11.9 Å². The molecule has 4 rings (SSSR count). The monoisotopic (exact) mass is 337 g/mol. The van der Waals surface area contributed by atoms with Gasteiger partial charge in [0.2, 0.25) is 5.91 Å². The highest BCUT2D eigenvalue weighted by Gasteiger charge is 2.12. The SMILES string of the molecule is CC(=O)Nc1cc(-c2cc3ccccc3[nH]2)c2[nH]cnc2n1.CCO. The summed E-state index contributed by atoms with van der Waals surface area (Å²) >= 11 is 0. The van der Waals surface area contributed by atoms with Crippen molar-refractivity contribution in [1.82, 2.24) is 19.9 Å². The summed E-state index contributed by atoms with van der Waals surface area (Å²) in [6, 6.07) is 12.0. The van der Waals surface area contributed by atoms with E-state index >= 15 is 0 Å². The van der Waals surface area contributed by atoms with Crippen molar-refractivity contribution in [2.24, 2.45) is 0 Å². The number of aromatic nitrogens is 4. The van der Waals surface area contributed by atoms with Gasteiger partial charge in [0.1, 0.15) is 5.82 Å².